The molecule has 0 spiro atoms. The summed E-state index contributed by atoms with van der Waals surface area (Å²) >= 11 is 0. The van der Waals surface area contributed by atoms with Crippen molar-refractivity contribution in [3.63, 3.8) is 0 Å². The average Bonchev–Trinajstić information content (AvgIpc) is 2.12. The van der Waals surface area contributed by atoms with Crippen molar-refractivity contribution in [1.82, 2.24) is 0 Å². The van der Waals surface area contributed by atoms with Crippen LogP contribution in [0.3, 0.4) is 0 Å². The van der Waals surface area contributed by atoms with E-state index < -0.39 is 29.7 Å². The van der Waals surface area contributed by atoms with Crippen molar-refractivity contribution in [3.8, 4) is 0 Å². The Balaban J connectivity index is 5.07. The minimum Gasteiger partial charge on any atom is -0.375 e. The molecule has 6 heteroatoms. The normalized spacial score (nSPS) is 16.1. The summed E-state index contributed by atoms with van der Waals surface area (Å²) in [6, 6.07) is 0. The molecule has 0 rings (SSSR count). The molecule has 1 atom stereocenters. The number of Topliss-reactive ketones (excluding diaryl/α,β-unsaturated/α-hetero) is 1. The summed E-state index contributed by atoms with van der Waals surface area (Å²) in [7, 11) is 0. The van der Waals surface area contributed by atoms with E-state index in [0.717, 1.165) is 6.92 Å². The SMILES string of the molecule is CCC(=O)C(=N)C(O)(CC)C(F)(F)F. The lowest BCUT2D eigenvalue weighted by atomic mass is 9.90. The van der Waals surface area contributed by atoms with Crippen LogP contribution in [0, 0.1) is 5.41 Å². The predicted molar refractivity (Wildman–Crippen MR) is 44.3 cm³/mol. The number of nitrogens with one attached hydrogen (secondary N) is 1. The number of hydrogen-bond acceptors (Lipinski definition) is 3. The monoisotopic (exact) mass is 211 g/mol. The molecule has 0 radical (unpaired) electrons. The second kappa shape index (κ2) is 4.08. The van der Waals surface area contributed by atoms with Crippen LogP contribution in [0.15, 0.2) is 0 Å². The van der Waals surface area contributed by atoms with Gasteiger partial charge in [0.1, 0.15) is 5.71 Å². The maximum Gasteiger partial charge on any atom is 0.423 e. The smallest absolute Gasteiger partial charge is 0.375 e. The van der Waals surface area contributed by atoms with Crippen LogP contribution < -0.4 is 0 Å². The van der Waals surface area contributed by atoms with E-state index in [2.05, 4.69) is 0 Å². The first-order chi connectivity index (χ1) is 6.20. The van der Waals surface area contributed by atoms with Gasteiger partial charge in [-0.25, -0.2) is 0 Å². The summed E-state index contributed by atoms with van der Waals surface area (Å²) < 4.78 is 36.9. The topological polar surface area (TPSA) is 61.2 Å². The maximum atomic E-state index is 12.3. The number of ketones is 1. The van der Waals surface area contributed by atoms with E-state index in [1.165, 1.54) is 6.92 Å². The summed E-state index contributed by atoms with van der Waals surface area (Å²) in [6.45, 7) is 2.41. The van der Waals surface area contributed by atoms with Gasteiger partial charge in [0.2, 0.25) is 5.60 Å². The highest BCUT2D eigenvalue weighted by Gasteiger charge is 2.56. The van der Waals surface area contributed by atoms with Crippen LogP contribution in [0.1, 0.15) is 26.7 Å². The van der Waals surface area contributed by atoms with Crippen molar-refractivity contribution in [1.29, 1.82) is 5.41 Å². The summed E-state index contributed by atoms with van der Waals surface area (Å²) in [5.41, 5.74) is -4.59. The summed E-state index contributed by atoms with van der Waals surface area (Å²) in [5.74, 6) is -0.994. The van der Waals surface area contributed by atoms with Gasteiger partial charge in [-0.05, 0) is 6.42 Å². The fourth-order valence-corrected chi connectivity index (χ4v) is 0.926. The second-order valence-electron chi connectivity index (χ2n) is 2.86. The zero-order valence-electron chi connectivity index (χ0n) is 7.90. The predicted octanol–water partition coefficient (Wildman–Crippen LogP) is 1.69. The van der Waals surface area contributed by atoms with E-state index in [1.807, 2.05) is 0 Å². The maximum absolute atomic E-state index is 12.3. The number of carbonyl (C=O) groups is 1. The average molecular weight is 211 g/mol. The van der Waals surface area contributed by atoms with E-state index >= 15 is 0 Å². The molecule has 0 aliphatic rings. The highest BCUT2D eigenvalue weighted by atomic mass is 19.4. The lowest BCUT2D eigenvalue weighted by molar-refractivity contribution is -0.231. The lowest BCUT2D eigenvalue weighted by Crippen LogP contribution is -2.53. The molecule has 2 N–H and O–H groups in total. The summed E-state index contributed by atoms with van der Waals surface area (Å²) in [6.07, 6.45) is -5.94. The quantitative estimate of drug-likeness (QED) is 0.695. The molecule has 14 heavy (non-hydrogen) atoms. The van der Waals surface area contributed by atoms with E-state index in [1.54, 1.807) is 0 Å². The molecular weight excluding hydrogens is 199 g/mol. The Morgan fingerprint density at radius 1 is 1.36 bits per heavy atom. The number of aliphatic hydroxyl groups is 1. The number of halogens is 3. The van der Waals surface area contributed by atoms with Crippen molar-refractivity contribution >= 4 is 11.5 Å². The second-order valence-corrected chi connectivity index (χ2v) is 2.86. The molecule has 1 unspecified atom stereocenters. The number of rotatable bonds is 4. The van der Waals surface area contributed by atoms with Gasteiger partial charge in [0.15, 0.2) is 5.78 Å². The molecule has 0 saturated carbocycles. The first kappa shape index (κ1) is 13.1. The van der Waals surface area contributed by atoms with Gasteiger partial charge in [-0.1, -0.05) is 13.8 Å². The largest absolute Gasteiger partial charge is 0.423 e. The van der Waals surface area contributed by atoms with Crippen LogP contribution in [-0.4, -0.2) is 28.4 Å². The minimum absolute atomic E-state index is 0.225. The molecule has 0 amide bonds. The fourth-order valence-electron chi connectivity index (χ4n) is 0.926. The zero-order valence-corrected chi connectivity index (χ0v) is 7.90. The molecule has 0 saturated heterocycles. The first-order valence-electron chi connectivity index (χ1n) is 4.12. The Hall–Kier alpha value is -0.910. The molecule has 0 aromatic rings. The number of alkyl halides is 3. The molecule has 0 heterocycles. The van der Waals surface area contributed by atoms with Gasteiger partial charge in [-0.15, -0.1) is 0 Å². The lowest BCUT2D eigenvalue weighted by Gasteiger charge is -2.28. The van der Waals surface area contributed by atoms with Crippen molar-refractivity contribution in [2.45, 2.75) is 38.5 Å². The third-order valence-electron chi connectivity index (χ3n) is 1.99. The Labute approximate surface area is 79.4 Å². The molecule has 0 aromatic heterocycles. The Kier molecular flexibility index (Phi) is 3.81. The fraction of sp³-hybridized carbons (Fsp3) is 0.750. The van der Waals surface area contributed by atoms with Crippen molar-refractivity contribution < 1.29 is 23.1 Å². The van der Waals surface area contributed by atoms with Gasteiger partial charge in [0.25, 0.3) is 0 Å². The van der Waals surface area contributed by atoms with Crippen molar-refractivity contribution in [3.05, 3.63) is 0 Å². The van der Waals surface area contributed by atoms with Crippen LogP contribution >= 0.6 is 0 Å². The Morgan fingerprint density at radius 3 is 2.00 bits per heavy atom. The molecule has 0 aliphatic heterocycles. The minimum atomic E-state index is -4.98. The van der Waals surface area contributed by atoms with E-state index in [0.29, 0.717) is 0 Å². The van der Waals surface area contributed by atoms with Crippen LogP contribution in [0.25, 0.3) is 0 Å². The van der Waals surface area contributed by atoms with Gasteiger partial charge in [0.05, 0.1) is 0 Å². The highest BCUT2D eigenvalue weighted by molar-refractivity contribution is 6.41. The Morgan fingerprint density at radius 2 is 1.79 bits per heavy atom. The molecule has 0 bridgehead atoms. The van der Waals surface area contributed by atoms with E-state index in [9.17, 15) is 18.0 Å². The van der Waals surface area contributed by atoms with Crippen molar-refractivity contribution in [2.24, 2.45) is 0 Å². The van der Waals surface area contributed by atoms with Gasteiger partial charge in [-0.3, -0.25) is 10.2 Å². The number of hydrogen-bond donors (Lipinski definition) is 2. The number of carbonyl (C=O) groups excluding carboxylic acids is 1. The van der Waals surface area contributed by atoms with E-state index in [4.69, 9.17) is 10.5 Å². The molecule has 0 aromatic carbocycles. The van der Waals surface area contributed by atoms with E-state index in [-0.39, 0.29) is 6.42 Å². The highest BCUT2D eigenvalue weighted by Crippen LogP contribution is 2.34. The van der Waals surface area contributed by atoms with Gasteiger partial charge in [-0.2, -0.15) is 13.2 Å². The summed E-state index contributed by atoms with van der Waals surface area (Å²) in [5, 5.41) is 16.1. The van der Waals surface area contributed by atoms with Gasteiger partial charge in [0, 0.05) is 6.42 Å². The zero-order chi connectivity index (χ0) is 11.6. The molecule has 82 valence electrons. The van der Waals surface area contributed by atoms with Crippen LogP contribution in [-0.2, 0) is 4.79 Å². The molecule has 0 fully saturated rings. The van der Waals surface area contributed by atoms with Crippen LogP contribution in [0.4, 0.5) is 13.2 Å². The van der Waals surface area contributed by atoms with Crippen molar-refractivity contribution in [2.75, 3.05) is 0 Å². The standard InChI is InChI=1S/C8H12F3NO2/c1-3-5(13)6(12)7(14,4-2)8(9,10)11/h12,14H,3-4H2,1-2H3. The van der Waals surface area contributed by atoms with Gasteiger partial charge >= 0.3 is 6.18 Å². The Bertz CT molecular complexity index is 249. The van der Waals surface area contributed by atoms with Crippen LogP contribution in [0.2, 0.25) is 0 Å². The third kappa shape index (κ3) is 2.12. The first-order valence-corrected chi connectivity index (χ1v) is 4.12. The molecular formula is C8H12F3NO2. The molecule has 3 nitrogen and oxygen atoms in total. The van der Waals surface area contributed by atoms with Crippen LogP contribution in [0.5, 0.6) is 0 Å². The third-order valence-corrected chi connectivity index (χ3v) is 1.99. The van der Waals surface area contributed by atoms with Gasteiger partial charge < -0.3 is 5.11 Å². The summed E-state index contributed by atoms with van der Waals surface area (Å²) in [4.78, 5) is 10.9. The molecule has 0 aliphatic carbocycles.